The predicted molar refractivity (Wildman–Crippen MR) is 112 cm³/mol. The lowest BCUT2D eigenvalue weighted by Gasteiger charge is -2.13. The second-order valence-electron chi connectivity index (χ2n) is 6.45. The molecule has 0 aliphatic heterocycles. The van der Waals surface area contributed by atoms with Crippen LogP contribution in [0, 0.1) is 24.0 Å². The molecule has 0 saturated heterocycles. The van der Waals surface area contributed by atoms with Crippen LogP contribution in [0.5, 0.6) is 5.75 Å². The van der Waals surface area contributed by atoms with E-state index in [9.17, 15) is 14.9 Å². The van der Waals surface area contributed by atoms with Crippen LogP contribution < -0.4 is 20.9 Å². The van der Waals surface area contributed by atoms with Gasteiger partial charge < -0.3 is 10.1 Å². The third kappa shape index (κ3) is 4.61. The van der Waals surface area contributed by atoms with Gasteiger partial charge in [0.2, 0.25) is 11.6 Å². The molecular weight excluding hydrogens is 388 g/mol. The monoisotopic (exact) mass is 408 g/mol. The fourth-order valence-corrected chi connectivity index (χ4v) is 2.67. The van der Waals surface area contributed by atoms with Crippen molar-refractivity contribution in [3.8, 4) is 5.75 Å². The molecule has 0 spiro atoms. The van der Waals surface area contributed by atoms with Crippen molar-refractivity contribution < 1.29 is 14.5 Å². The summed E-state index contributed by atoms with van der Waals surface area (Å²) in [6, 6.07) is 12.3. The standard InChI is InChI=1S/C20H20N6O4/c1-12-4-7-14(8-5-12)20(27)25-24-19-17(26(28)29)18(21-11-22-19)23-15-10-13(2)6-9-16(15)30-3/h4-11H,1-3H3,(H,25,27)(H2,21,22,23,24). The fourth-order valence-electron chi connectivity index (χ4n) is 2.67. The van der Waals surface area contributed by atoms with Crippen LogP contribution in [-0.2, 0) is 0 Å². The highest BCUT2D eigenvalue weighted by atomic mass is 16.6. The SMILES string of the molecule is COc1ccc(C)cc1Nc1ncnc(NNC(=O)c2ccc(C)cc2)c1[N+](=O)[O-]. The molecule has 0 saturated carbocycles. The number of aromatic nitrogens is 2. The van der Waals surface area contributed by atoms with E-state index in [0.29, 0.717) is 17.0 Å². The number of anilines is 3. The molecule has 1 aromatic heterocycles. The molecule has 2 aromatic carbocycles. The van der Waals surface area contributed by atoms with E-state index in [1.165, 1.54) is 7.11 Å². The highest BCUT2D eigenvalue weighted by Crippen LogP contribution is 2.34. The van der Waals surface area contributed by atoms with E-state index in [-0.39, 0.29) is 11.6 Å². The number of hydrazine groups is 1. The first-order valence-electron chi connectivity index (χ1n) is 8.93. The van der Waals surface area contributed by atoms with E-state index in [1.54, 1.807) is 36.4 Å². The molecule has 154 valence electrons. The van der Waals surface area contributed by atoms with E-state index < -0.39 is 16.5 Å². The Kier molecular flexibility index (Phi) is 6.06. The normalized spacial score (nSPS) is 10.2. The molecule has 0 bridgehead atoms. The number of carbonyl (C=O) groups excluding carboxylic acids is 1. The molecule has 10 heteroatoms. The summed E-state index contributed by atoms with van der Waals surface area (Å²) < 4.78 is 5.29. The summed E-state index contributed by atoms with van der Waals surface area (Å²) in [7, 11) is 1.50. The highest BCUT2D eigenvalue weighted by molar-refractivity contribution is 5.95. The summed E-state index contributed by atoms with van der Waals surface area (Å²) in [4.78, 5) is 31.2. The Bertz CT molecular complexity index is 1090. The molecule has 0 atom stereocenters. The van der Waals surface area contributed by atoms with Gasteiger partial charge in [0.15, 0.2) is 0 Å². The van der Waals surface area contributed by atoms with Crippen LogP contribution in [0.2, 0.25) is 0 Å². The Morgan fingerprint density at radius 1 is 1.03 bits per heavy atom. The van der Waals surface area contributed by atoms with Crippen molar-refractivity contribution in [2.45, 2.75) is 13.8 Å². The molecular formula is C20H20N6O4. The Balaban J connectivity index is 1.86. The topological polar surface area (TPSA) is 131 Å². The van der Waals surface area contributed by atoms with Crippen LogP contribution in [0.3, 0.4) is 0 Å². The number of nitrogens with zero attached hydrogens (tertiary/aromatic N) is 3. The van der Waals surface area contributed by atoms with Gasteiger partial charge >= 0.3 is 5.69 Å². The smallest absolute Gasteiger partial charge is 0.355 e. The van der Waals surface area contributed by atoms with Crippen LogP contribution in [0.4, 0.5) is 23.0 Å². The summed E-state index contributed by atoms with van der Waals surface area (Å²) in [5, 5.41) is 14.6. The highest BCUT2D eigenvalue weighted by Gasteiger charge is 2.24. The van der Waals surface area contributed by atoms with Crippen molar-refractivity contribution in [3.05, 3.63) is 75.6 Å². The van der Waals surface area contributed by atoms with Gasteiger partial charge in [0.1, 0.15) is 12.1 Å². The molecule has 1 amide bonds. The van der Waals surface area contributed by atoms with Crippen molar-refractivity contribution in [1.29, 1.82) is 0 Å². The quantitative estimate of drug-likeness (QED) is 0.400. The second kappa shape index (κ2) is 8.86. The average molecular weight is 408 g/mol. The maximum absolute atomic E-state index is 12.3. The largest absolute Gasteiger partial charge is 0.495 e. The number of benzene rings is 2. The number of aryl methyl sites for hydroxylation is 2. The zero-order valence-corrected chi connectivity index (χ0v) is 16.6. The Labute approximate surface area is 172 Å². The van der Waals surface area contributed by atoms with E-state index in [1.807, 2.05) is 19.9 Å². The number of nitrogens with one attached hydrogen (secondary N) is 3. The molecule has 0 unspecified atom stereocenters. The number of rotatable bonds is 7. The molecule has 0 fully saturated rings. The first kappa shape index (κ1) is 20.5. The zero-order valence-electron chi connectivity index (χ0n) is 16.6. The predicted octanol–water partition coefficient (Wildman–Crippen LogP) is 3.51. The zero-order chi connectivity index (χ0) is 21.7. The molecule has 0 aliphatic rings. The maximum Gasteiger partial charge on any atom is 0.355 e. The van der Waals surface area contributed by atoms with Gasteiger partial charge in [-0.05, 0) is 43.7 Å². The molecule has 3 N–H and O–H groups in total. The number of carbonyl (C=O) groups is 1. The number of methoxy groups -OCH3 is 1. The minimum atomic E-state index is -0.634. The summed E-state index contributed by atoms with van der Waals surface area (Å²) in [6.07, 6.45) is 1.15. The third-order valence-electron chi connectivity index (χ3n) is 4.22. The van der Waals surface area contributed by atoms with E-state index in [2.05, 4.69) is 26.1 Å². The van der Waals surface area contributed by atoms with Crippen LogP contribution in [0.25, 0.3) is 0 Å². The fraction of sp³-hybridized carbons (Fsp3) is 0.150. The third-order valence-corrected chi connectivity index (χ3v) is 4.22. The number of hydrogen-bond donors (Lipinski definition) is 3. The number of amides is 1. The van der Waals surface area contributed by atoms with E-state index in [0.717, 1.165) is 17.5 Å². The average Bonchev–Trinajstić information content (AvgIpc) is 2.72. The van der Waals surface area contributed by atoms with Gasteiger partial charge in [0.25, 0.3) is 5.91 Å². The summed E-state index contributed by atoms with van der Waals surface area (Å²) in [6.45, 7) is 3.79. The van der Waals surface area contributed by atoms with Crippen LogP contribution >= 0.6 is 0 Å². The number of hydrogen-bond acceptors (Lipinski definition) is 8. The van der Waals surface area contributed by atoms with Crippen molar-refractivity contribution in [2.24, 2.45) is 0 Å². The lowest BCUT2D eigenvalue weighted by atomic mass is 10.1. The number of nitro groups is 1. The lowest BCUT2D eigenvalue weighted by molar-refractivity contribution is -0.383. The van der Waals surface area contributed by atoms with Gasteiger partial charge in [-0.3, -0.25) is 25.8 Å². The Morgan fingerprint density at radius 3 is 2.37 bits per heavy atom. The van der Waals surface area contributed by atoms with Gasteiger partial charge in [0.05, 0.1) is 17.7 Å². The van der Waals surface area contributed by atoms with Crippen LogP contribution in [0.15, 0.2) is 48.8 Å². The van der Waals surface area contributed by atoms with Crippen molar-refractivity contribution in [2.75, 3.05) is 17.9 Å². The minimum Gasteiger partial charge on any atom is -0.495 e. The van der Waals surface area contributed by atoms with Crippen molar-refractivity contribution in [1.82, 2.24) is 15.4 Å². The van der Waals surface area contributed by atoms with Crippen molar-refractivity contribution >= 4 is 28.9 Å². The Hall–Kier alpha value is -4.21. The molecule has 3 rings (SSSR count). The van der Waals surface area contributed by atoms with E-state index >= 15 is 0 Å². The Morgan fingerprint density at radius 2 is 1.70 bits per heavy atom. The first-order chi connectivity index (χ1) is 14.4. The molecule has 10 nitrogen and oxygen atoms in total. The second-order valence-corrected chi connectivity index (χ2v) is 6.45. The lowest BCUT2D eigenvalue weighted by Crippen LogP contribution is -2.30. The maximum atomic E-state index is 12.3. The van der Waals surface area contributed by atoms with Gasteiger partial charge in [-0.15, -0.1) is 0 Å². The molecule has 3 aromatic rings. The molecule has 1 heterocycles. The summed E-state index contributed by atoms with van der Waals surface area (Å²) in [5.74, 6) is -0.177. The summed E-state index contributed by atoms with van der Waals surface area (Å²) in [5.41, 5.74) is 7.34. The van der Waals surface area contributed by atoms with Gasteiger partial charge in [0, 0.05) is 5.56 Å². The first-order valence-corrected chi connectivity index (χ1v) is 8.93. The van der Waals surface area contributed by atoms with Crippen LogP contribution in [0.1, 0.15) is 21.5 Å². The van der Waals surface area contributed by atoms with Crippen molar-refractivity contribution in [3.63, 3.8) is 0 Å². The molecule has 30 heavy (non-hydrogen) atoms. The minimum absolute atomic E-state index is 0.0500. The summed E-state index contributed by atoms with van der Waals surface area (Å²) >= 11 is 0. The van der Waals surface area contributed by atoms with E-state index in [4.69, 9.17) is 4.74 Å². The van der Waals surface area contributed by atoms with Crippen LogP contribution in [-0.4, -0.2) is 27.9 Å². The van der Waals surface area contributed by atoms with Gasteiger partial charge in [-0.1, -0.05) is 23.8 Å². The molecule has 0 aliphatic carbocycles. The number of ether oxygens (including phenoxy) is 1. The molecule has 0 radical (unpaired) electrons. The van der Waals surface area contributed by atoms with Gasteiger partial charge in [-0.2, -0.15) is 0 Å². The van der Waals surface area contributed by atoms with Gasteiger partial charge in [-0.25, -0.2) is 9.97 Å².